The Balaban J connectivity index is 2.21. The molecule has 0 bridgehead atoms. The Bertz CT molecular complexity index is 1070. The Morgan fingerprint density at radius 1 is 1.17 bits per heavy atom. The maximum atomic E-state index is 12.7. The molecule has 3 aromatic rings. The zero-order valence-corrected chi connectivity index (χ0v) is 14.5. The minimum atomic E-state index is -4.02. The number of benzene rings is 1. The first-order chi connectivity index (χ1) is 10.8. The Kier molecular flexibility index (Phi) is 3.73. The average molecular weight is 349 g/mol. The van der Waals surface area contributed by atoms with Crippen molar-refractivity contribution in [3.63, 3.8) is 0 Å². The number of aryl methyl sites for hydroxylation is 3. The predicted octanol–water partition coefficient (Wildman–Crippen LogP) is 2.48. The summed E-state index contributed by atoms with van der Waals surface area (Å²) in [6, 6.07) is 6.99. The van der Waals surface area contributed by atoms with Gasteiger partial charge in [-0.05, 0) is 32.4 Å². The van der Waals surface area contributed by atoms with Gasteiger partial charge < -0.3 is 0 Å². The van der Waals surface area contributed by atoms with E-state index in [-0.39, 0.29) is 10.6 Å². The van der Waals surface area contributed by atoms with Crippen LogP contribution >= 0.6 is 11.3 Å². The lowest BCUT2D eigenvalue weighted by atomic mass is 10.2. The lowest BCUT2D eigenvalue weighted by Gasteiger charge is -2.11. The first-order valence-corrected chi connectivity index (χ1v) is 9.23. The lowest BCUT2D eigenvalue weighted by molar-refractivity contribution is 0.598. The number of hydrogen-bond acceptors (Lipinski definition) is 5. The van der Waals surface area contributed by atoms with Crippen LogP contribution in [0, 0.1) is 20.8 Å². The molecular formula is C15H15N3O3S2. The number of hydrogen-bond donors (Lipinski definition) is 1. The molecule has 2 aromatic heterocycles. The van der Waals surface area contributed by atoms with E-state index < -0.39 is 15.6 Å². The molecule has 1 N–H and O–H groups in total. The largest absolute Gasteiger partial charge is 0.279 e. The minimum Gasteiger partial charge on any atom is -0.279 e. The van der Waals surface area contributed by atoms with Crippen LogP contribution in [0.2, 0.25) is 0 Å². The molecule has 0 unspecified atom stereocenters. The Morgan fingerprint density at radius 3 is 2.57 bits per heavy atom. The second-order valence-corrected chi connectivity index (χ2v) is 7.70. The van der Waals surface area contributed by atoms with E-state index in [9.17, 15) is 13.2 Å². The van der Waals surface area contributed by atoms with Gasteiger partial charge in [-0.1, -0.05) is 18.2 Å². The lowest BCUT2D eigenvalue weighted by Crippen LogP contribution is -2.28. The molecule has 0 spiro atoms. The molecular weight excluding hydrogens is 334 g/mol. The third-order valence-electron chi connectivity index (χ3n) is 3.53. The maximum Gasteiger partial charge on any atom is 0.279 e. The first kappa shape index (κ1) is 15.7. The minimum absolute atomic E-state index is 0.193. The molecule has 0 aliphatic carbocycles. The Labute approximate surface area is 137 Å². The summed E-state index contributed by atoms with van der Waals surface area (Å²) in [4.78, 5) is 17.1. The van der Waals surface area contributed by atoms with Crippen molar-refractivity contribution >= 4 is 32.0 Å². The topological polar surface area (TPSA) is 80.5 Å². The summed E-state index contributed by atoms with van der Waals surface area (Å²) in [5.74, 6) is 0. The monoisotopic (exact) mass is 349 g/mol. The van der Waals surface area contributed by atoms with Crippen molar-refractivity contribution in [1.29, 1.82) is 0 Å². The summed E-state index contributed by atoms with van der Waals surface area (Å²) in [7, 11) is -4.02. The zero-order chi connectivity index (χ0) is 16.8. The fourth-order valence-corrected chi connectivity index (χ4v) is 4.64. The van der Waals surface area contributed by atoms with Crippen molar-refractivity contribution < 1.29 is 8.42 Å². The highest BCUT2D eigenvalue weighted by Crippen LogP contribution is 2.20. The van der Waals surface area contributed by atoms with Crippen LogP contribution in [0.15, 0.2) is 39.3 Å². The van der Waals surface area contributed by atoms with Crippen molar-refractivity contribution in [1.82, 2.24) is 9.38 Å². The van der Waals surface area contributed by atoms with Crippen LogP contribution in [-0.2, 0) is 10.0 Å². The van der Waals surface area contributed by atoms with Crippen LogP contribution in [-0.4, -0.2) is 17.8 Å². The highest BCUT2D eigenvalue weighted by atomic mass is 32.2. The molecule has 0 fully saturated rings. The number of aromatic nitrogens is 2. The van der Waals surface area contributed by atoms with Gasteiger partial charge in [0.25, 0.3) is 15.6 Å². The summed E-state index contributed by atoms with van der Waals surface area (Å²) in [6.07, 6.45) is 0. The van der Waals surface area contributed by atoms with Crippen molar-refractivity contribution in [2.45, 2.75) is 25.7 Å². The van der Waals surface area contributed by atoms with E-state index in [1.165, 1.54) is 22.7 Å². The Morgan fingerprint density at radius 2 is 1.87 bits per heavy atom. The molecule has 0 saturated heterocycles. The molecule has 8 heteroatoms. The standard InChI is InChI=1S/C15H15N3O3S2/c1-9-6-4-5-7-12(9)17-23(20,21)13-11(3)16-15-18(14(13)19)10(2)8-22-15/h4-8,17H,1-3H3. The van der Waals surface area contributed by atoms with Crippen molar-refractivity contribution in [2.24, 2.45) is 0 Å². The molecule has 0 radical (unpaired) electrons. The summed E-state index contributed by atoms with van der Waals surface area (Å²) in [5.41, 5.74) is 1.49. The third-order valence-corrected chi connectivity index (χ3v) is 5.97. The molecule has 120 valence electrons. The van der Waals surface area contributed by atoms with E-state index in [0.717, 1.165) is 5.56 Å². The summed E-state index contributed by atoms with van der Waals surface area (Å²) in [5, 5.41) is 1.77. The molecule has 3 rings (SSSR count). The van der Waals surface area contributed by atoms with Gasteiger partial charge in [0, 0.05) is 11.1 Å². The van der Waals surface area contributed by atoms with Gasteiger partial charge in [0.15, 0.2) is 9.86 Å². The van der Waals surface area contributed by atoms with Gasteiger partial charge in [0.05, 0.1) is 11.4 Å². The quantitative estimate of drug-likeness (QED) is 0.788. The van der Waals surface area contributed by atoms with Gasteiger partial charge in [-0.2, -0.15) is 0 Å². The normalized spacial score (nSPS) is 11.8. The molecule has 0 atom stereocenters. The zero-order valence-electron chi connectivity index (χ0n) is 12.8. The van der Waals surface area contributed by atoms with Gasteiger partial charge in [0.2, 0.25) is 0 Å². The molecule has 2 heterocycles. The average Bonchev–Trinajstić information content (AvgIpc) is 2.82. The van der Waals surface area contributed by atoms with Crippen LogP contribution in [0.4, 0.5) is 5.69 Å². The highest BCUT2D eigenvalue weighted by Gasteiger charge is 2.25. The Hall–Kier alpha value is -2.19. The van der Waals surface area contributed by atoms with Crippen molar-refractivity contribution in [3.8, 4) is 0 Å². The molecule has 0 saturated carbocycles. The molecule has 6 nitrogen and oxygen atoms in total. The SMILES string of the molecule is Cc1ccccc1NS(=O)(=O)c1c(C)nc2scc(C)n2c1=O. The number of sulfonamides is 1. The highest BCUT2D eigenvalue weighted by molar-refractivity contribution is 7.92. The van der Waals surface area contributed by atoms with Crippen LogP contribution in [0.5, 0.6) is 0 Å². The molecule has 0 aliphatic rings. The van der Waals surface area contributed by atoms with Crippen LogP contribution in [0.3, 0.4) is 0 Å². The summed E-state index contributed by atoms with van der Waals surface area (Å²) in [6.45, 7) is 5.07. The van der Waals surface area contributed by atoms with Gasteiger partial charge in [-0.25, -0.2) is 13.4 Å². The third kappa shape index (κ3) is 2.64. The van der Waals surface area contributed by atoms with Gasteiger partial charge in [-0.3, -0.25) is 13.9 Å². The van der Waals surface area contributed by atoms with E-state index in [4.69, 9.17) is 0 Å². The predicted molar refractivity (Wildman–Crippen MR) is 90.8 cm³/mol. The number of rotatable bonds is 3. The van der Waals surface area contributed by atoms with E-state index in [1.807, 2.05) is 6.07 Å². The molecule has 0 aliphatic heterocycles. The van der Waals surface area contributed by atoms with E-state index >= 15 is 0 Å². The van der Waals surface area contributed by atoms with Gasteiger partial charge in [0.1, 0.15) is 0 Å². The van der Waals surface area contributed by atoms with E-state index in [0.29, 0.717) is 16.3 Å². The van der Waals surface area contributed by atoms with Crippen molar-refractivity contribution in [2.75, 3.05) is 4.72 Å². The fourth-order valence-electron chi connectivity index (χ4n) is 2.36. The number of nitrogens with one attached hydrogen (secondary N) is 1. The van der Waals surface area contributed by atoms with Gasteiger partial charge in [-0.15, -0.1) is 11.3 Å². The second kappa shape index (κ2) is 5.47. The summed E-state index contributed by atoms with van der Waals surface area (Å²) < 4.78 is 29.2. The van der Waals surface area contributed by atoms with E-state index in [1.54, 1.807) is 37.4 Å². The second-order valence-electron chi connectivity index (χ2n) is 5.25. The smallest absolute Gasteiger partial charge is 0.279 e. The van der Waals surface area contributed by atoms with E-state index in [2.05, 4.69) is 9.71 Å². The molecule has 0 amide bonds. The van der Waals surface area contributed by atoms with Crippen LogP contribution < -0.4 is 10.3 Å². The first-order valence-electron chi connectivity index (χ1n) is 6.87. The molecule has 23 heavy (non-hydrogen) atoms. The van der Waals surface area contributed by atoms with Crippen LogP contribution in [0.25, 0.3) is 4.96 Å². The van der Waals surface area contributed by atoms with Gasteiger partial charge >= 0.3 is 0 Å². The maximum absolute atomic E-state index is 12.7. The number of thiazole rings is 1. The molecule has 1 aromatic carbocycles. The number of nitrogens with zero attached hydrogens (tertiary/aromatic N) is 2. The summed E-state index contributed by atoms with van der Waals surface area (Å²) >= 11 is 1.30. The number of anilines is 1. The number of fused-ring (bicyclic) bond motifs is 1. The van der Waals surface area contributed by atoms with Crippen molar-refractivity contribution in [3.05, 3.63) is 57.0 Å². The van der Waals surface area contributed by atoms with Crippen LogP contribution in [0.1, 0.15) is 17.0 Å². The fraction of sp³-hybridized carbons (Fsp3) is 0.200. The number of para-hydroxylation sites is 1.